The van der Waals surface area contributed by atoms with Gasteiger partial charge in [0.2, 0.25) is 0 Å². The lowest BCUT2D eigenvalue weighted by atomic mass is 10.1. The second-order valence-corrected chi connectivity index (χ2v) is 6.24. The maximum absolute atomic E-state index is 12.5. The van der Waals surface area contributed by atoms with E-state index in [1.54, 1.807) is 49.5 Å². The highest BCUT2D eigenvalue weighted by Crippen LogP contribution is 2.23. The predicted octanol–water partition coefficient (Wildman–Crippen LogP) is 4.38. The predicted molar refractivity (Wildman–Crippen MR) is 101 cm³/mol. The van der Waals surface area contributed by atoms with Gasteiger partial charge in [0.05, 0.1) is 11.1 Å². The molecular formula is C20H17ClN2O3. The molecule has 0 saturated carbocycles. The zero-order chi connectivity index (χ0) is 18.7. The van der Waals surface area contributed by atoms with E-state index in [1.807, 2.05) is 12.1 Å². The number of pyridine rings is 1. The molecule has 0 saturated heterocycles. The number of fused-ring (bicyclic) bond motifs is 1. The summed E-state index contributed by atoms with van der Waals surface area (Å²) in [5.41, 5.74) is 2.19. The quantitative estimate of drug-likeness (QED) is 0.694. The molecule has 0 spiro atoms. The Bertz CT molecular complexity index is 982. The molecule has 1 N–H and O–H groups in total. The number of hydrogen-bond acceptors (Lipinski definition) is 4. The average molecular weight is 369 g/mol. The van der Waals surface area contributed by atoms with Crippen molar-refractivity contribution < 1.29 is 14.3 Å². The van der Waals surface area contributed by atoms with Crippen molar-refractivity contribution in [1.82, 2.24) is 4.98 Å². The van der Waals surface area contributed by atoms with E-state index in [0.717, 1.165) is 10.9 Å². The lowest BCUT2D eigenvalue weighted by molar-refractivity contribution is -0.123. The van der Waals surface area contributed by atoms with Crippen molar-refractivity contribution in [1.29, 1.82) is 0 Å². The fourth-order valence-electron chi connectivity index (χ4n) is 2.52. The van der Waals surface area contributed by atoms with Gasteiger partial charge >= 0.3 is 5.97 Å². The minimum Gasteiger partial charge on any atom is -0.449 e. The summed E-state index contributed by atoms with van der Waals surface area (Å²) in [5.74, 6) is -1.03. The third-order valence-corrected chi connectivity index (χ3v) is 4.44. The van der Waals surface area contributed by atoms with Crippen molar-refractivity contribution in [2.45, 2.75) is 20.0 Å². The standard InChI is InChI=1S/C20H17ClN2O3/c1-12-16(21)9-4-10-17(12)23-19(24)13(2)26-20(25)15-8-3-6-14-7-5-11-22-18(14)15/h3-11,13H,1-2H3,(H,23,24)/t13-/m0/s1. The molecule has 0 fully saturated rings. The van der Waals surface area contributed by atoms with Crippen LogP contribution in [-0.2, 0) is 9.53 Å². The van der Waals surface area contributed by atoms with E-state index in [2.05, 4.69) is 10.3 Å². The van der Waals surface area contributed by atoms with E-state index < -0.39 is 18.0 Å². The number of anilines is 1. The van der Waals surface area contributed by atoms with Gasteiger partial charge in [-0.15, -0.1) is 0 Å². The molecule has 6 heteroatoms. The molecule has 3 rings (SSSR count). The summed E-state index contributed by atoms with van der Waals surface area (Å²) in [6.45, 7) is 3.32. The zero-order valence-corrected chi connectivity index (χ0v) is 15.1. The van der Waals surface area contributed by atoms with Crippen LogP contribution >= 0.6 is 11.6 Å². The minimum atomic E-state index is -0.972. The second kappa shape index (κ2) is 7.54. The molecule has 0 aliphatic rings. The highest BCUT2D eigenvalue weighted by Gasteiger charge is 2.21. The molecule has 0 aliphatic carbocycles. The molecular weight excluding hydrogens is 352 g/mol. The Balaban J connectivity index is 1.74. The van der Waals surface area contributed by atoms with Gasteiger partial charge in [-0.2, -0.15) is 0 Å². The number of carbonyl (C=O) groups is 2. The van der Waals surface area contributed by atoms with Crippen molar-refractivity contribution in [3.8, 4) is 0 Å². The zero-order valence-electron chi connectivity index (χ0n) is 14.3. The van der Waals surface area contributed by atoms with Crippen molar-refractivity contribution >= 4 is 40.1 Å². The molecule has 1 amide bonds. The number of carbonyl (C=O) groups excluding carboxylic acids is 2. The van der Waals surface area contributed by atoms with Crippen LogP contribution in [0.5, 0.6) is 0 Å². The number of aromatic nitrogens is 1. The van der Waals surface area contributed by atoms with E-state index >= 15 is 0 Å². The van der Waals surface area contributed by atoms with Gasteiger partial charge in [0.25, 0.3) is 5.91 Å². The van der Waals surface area contributed by atoms with Crippen molar-refractivity contribution in [2.24, 2.45) is 0 Å². The number of nitrogens with zero attached hydrogens (tertiary/aromatic N) is 1. The Hall–Kier alpha value is -2.92. The molecule has 0 unspecified atom stereocenters. The van der Waals surface area contributed by atoms with E-state index in [1.165, 1.54) is 6.92 Å². The molecule has 0 aliphatic heterocycles. The Kier molecular flexibility index (Phi) is 5.19. The number of benzene rings is 2. The third kappa shape index (κ3) is 3.68. The summed E-state index contributed by atoms with van der Waals surface area (Å²) >= 11 is 6.05. The molecule has 1 heterocycles. The van der Waals surface area contributed by atoms with Gasteiger partial charge in [0.1, 0.15) is 0 Å². The number of rotatable bonds is 4. The van der Waals surface area contributed by atoms with Gasteiger partial charge < -0.3 is 10.1 Å². The summed E-state index contributed by atoms with van der Waals surface area (Å²) in [4.78, 5) is 29.1. The van der Waals surface area contributed by atoms with Crippen molar-refractivity contribution in [2.75, 3.05) is 5.32 Å². The molecule has 2 aromatic carbocycles. The van der Waals surface area contributed by atoms with Crippen LogP contribution < -0.4 is 5.32 Å². The van der Waals surface area contributed by atoms with Crippen LogP contribution in [0.25, 0.3) is 10.9 Å². The van der Waals surface area contributed by atoms with Gasteiger partial charge in [-0.05, 0) is 43.7 Å². The summed E-state index contributed by atoms with van der Waals surface area (Å²) in [6.07, 6.45) is 0.636. The Morgan fingerprint density at radius 3 is 2.65 bits per heavy atom. The van der Waals surface area contributed by atoms with Gasteiger partial charge in [-0.25, -0.2) is 4.79 Å². The number of hydrogen-bond donors (Lipinski definition) is 1. The summed E-state index contributed by atoms with van der Waals surface area (Å²) in [5, 5.41) is 4.11. The molecule has 132 valence electrons. The summed E-state index contributed by atoms with van der Waals surface area (Å²) in [6, 6.07) is 14.1. The minimum absolute atomic E-state index is 0.321. The van der Waals surface area contributed by atoms with Gasteiger partial charge in [0, 0.05) is 22.3 Å². The molecule has 1 atom stereocenters. The number of esters is 1. The van der Waals surface area contributed by atoms with E-state index in [4.69, 9.17) is 16.3 Å². The van der Waals surface area contributed by atoms with Gasteiger partial charge in [0.15, 0.2) is 6.10 Å². The van der Waals surface area contributed by atoms with Crippen LogP contribution in [0, 0.1) is 6.92 Å². The molecule has 0 bridgehead atoms. The Morgan fingerprint density at radius 1 is 1.12 bits per heavy atom. The molecule has 0 radical (unpaired) electrons. The topological polar surface area (TPSA) is 68.3 Å². The van der Waals surface area contributed by atoms with Crippen molar-refractivity contribution in [3.63, 3.8) is 0 Å². The van der Waals surface area contributed by atoms with E-state index in [0.29, 0.717) is 21.8 Å². The highest BCUT2D eigenvalue weighted by atomic mass is 35.5. The van der Waals surface area contributed by atoms with Crippen LogP contribution in [0.2, 0.25) is 5.02 Å². The van der Waals surface area contributed by atoms with Gasteiger partial charge in [-0.1, -0.05) is 35.9 Å². The van der Waals surface area contributed by atoms with Gasteiger partial charge in [-0.3, -0.25) is 9.78 Å². The normalized spacial score (nSPS) is 11.8. The van der Waals surface area contributed by atoms with Crippen LogP contribution in [0.15, 0.2) is 54.7 Å². The molecule has 26 heavy (non-hydrogen) atoms. The summed E-state index contributed by atoms with van der Waals surface area (Å²) < 4.78 is 5.32. The van der Waals surface area contributed by atoms with Crippen LogP contribution in [0.1, 0.15) is 22.8 Å². The van der Waals surface area contributed by atoms with Crippen molar-refractivity contribution in [3.05, 3.63) is 70.9 Å². The average Bonchev–Trinajstić information content (AvgIpc) is 2.64. The lowest BCUT2D eigenvalue weighted by Gasteiger charge is -2.15. The number of halogens is 1. The third-order valence-electron chi connectivity index (χ3n) is 4.03. The SMILES string of the molecule is Cc1c(Cl)cccc1NC(=O)[C@H](C)OC(=O)c1cccc2cccnc12. The van der Waals surface area contributed by atoms with Crippen LogP contribution in [0.4, 0.5) is 5.69 Å². The maximum atomic E-state index is 12.5. The monoisotopic (exact) mass is 368 g/mol. The number of nitrogens with one attached hydrogen (secondary N) is 1. The summed E-state index contributed by atoms with van der Waals surface area (Å²) in [7, 11) is 0. The highest BCUT2D eigenvalue weighted by molar-refractivity contribution is 6.31. The Morgan fingerprint density at radius 2 is 1.85 bits per heavy atom. The number of ether oxygens (including phenoxy) is 1. The molecule has 5 nitrogen and oxygen atoms in total. The fourth-order valence-corrected chi connectivity index (χ4v) is 2.70. The maximum Gasteiger partial charge on any atom is 0.341 e. The first-order valence-electron chi connectivity index (χ1n) is 8.08. The lowest BCUT2D eigenvalue weighted by Crippen LogP contribution is -2.30. The molecule has 1 aromatic heterocycles. The van der Waals surface area contributed by atoms with Crippen LogP contribution in [-0.4, -0.2) is 23.0 Å². The first kappa shape index (κ1) is 17.9. The van der Waals surface area contributed by atoms with E-state index in [-0.39, 0.29) is 0 Å². The largest absolute Gasteiger partial charge is 0.449 e. The molecule has 3 aromatic rings. The van der Waals surface area contributed by atoms with Crippen LogP contribution in [0.3, 0.4) is 0 Å². The Labute approximate surface area is 156 Å². The smallest absolute Gasteiger partial charge is 0.341 e. The van der Waals surface area contributed by atoms with E-state index in [9.17, 15) is 9.59 Å². The second-order valence-electron chi connectivity index (χ2n) is 5.83. The first-order chi connectivity index (χ1) is 12.5. The number of amides is 1. The first-order valence-corrected chi connectivity index (χ1v) is 8.46. The number of para-hydroxylation sites is 1. The fraction of sp³-hybridized carbons (Fsp3) is 0.150.